The number of carbonyl (C=O) groups excluding carboxylic acids is 2. The zero-order chi connectivity index (χ0) is 24.4. The summed E-state index contributed by atoms with van der Waals surface area (Å²) >= 11 is 0. The number of carboxylic acid groups (broad SMARTS) is 1. The van der Waals surface area contributed by atoms with Gasteiger partial charge >= 0.3 is 18.2 Å². The van der Waals surface area contributed by atoms with Gasteiger partial charge in [0, 0.05) is 43.0 Å². The van der Waals surface area contributed by atoms with Gasteiger partial charge in [-0.2, -0.15) is 0 Å². The van der Waals surface area contributed by atoms with Crippen LogP contribution >= 0.6 is 0 Å². The molecule has 2 aromatic heterocycles. The predicted octanol–water partition coefficient (Wildman–Crippen LogP) is 3.62. The van der Waals surface area contributed by atoms with Gasteiger partial charge in [-0.15, -0.1) is 0 Å². The first-order valence-corrected chi connectivity index (χ1v) is 11.0. The summed E-state index contributed by atoms with van der Waals surface area (Å²) in [4.78, 5) is 42.4. The first-order chi connectivity index (χ1) is 15.5. The lowest BCUT2D eigenvalue weighted by atomic mass is 9.85. The molecule has 1 aliphatic heterocycles. The minimum atomic E-state index is -1.18. The Labute approximate surface area is 192 Å². The van der Waals surface area contributed by atoms with Crippen molar-refractivity contribution in [2.24, 2.45) is 0 Å². The summed E-state index contributed by atoms with van der Waals surface area (Å²) in [6.07, 6.45) is 3.66. The van der Waals surface area contributed by atoms with E-state index in [4.69, 9.17) is 9.47 Å². The van der Waals surface area contributed by atoms with Gasteiger partial charge in [0.25, 0.3) is 0 Å². The lowest BCUT2D eigenvalue weighted by Gasteiger charge is -2.42. The highest BCUT2D eigenvalue weighted by atomic mass is 16.6. The van der Waals surface area contributed by atoms with Crippen LogP contribution in [0.4, 0.5) is 9.59 Å². The first kappa shape index (κ1) is 24.5. The zero-order valence-corrected chi connectivity index (χ0v) is 19.8. The first-order valence-electron chi connectivity index (χ1n) is 11.0. The summed E-state index contributed by atoms with van der Waals surface area (Å²) in [5.74, 6) is -0.553. The Balaban J connectivity index is 1.81. The molecule has 1 saturated heterocycles. The van der Waals surface area contributed by atoms with Crippen LogP contribution < -0.4 is 5.32 Å². The van der Waals surface area contributed by atoms with E-state index in [0.29, 0.717) is 30.6 Å². The number of methoxy groups -OCH3 is 1. The Morgan fingerprint density at radius 2 is 1.91 bits per heavy atom. The van der Waals surface area contributed by atoms with Crippen LogP contribution in [0.1, 0.15) is 62.9 Å². The van der Waals surface area contributed by atoms with Crippen LogP contribution in [-0.2, 0) is 16.0 Å². The molecule has 0 aromatic carbocycles. The second kappa shape index (κ2) is 9.38. The minimum absolute atomic E-state index is 0.187. The van der Waals surface area contributed by atoms with Crippen LogP contribution in [0, 0.1) is 0 Å². The highest BCUT2D eigenvalue weighted by Gasteiger charge is 2.36. The van der Waals surface area contributed by atoms with Gasteiger partial charge in [-0.1, -0.05) is 6.92 Å². The van der Waals surface area contributed by atoms with E-state index in [-0.39, 0.29) is 22.8 Å². The van der Waals surface area contributed by atoms with Gasteiger partial charge in [-0.3, -0.25) is 0 Å². The minimum Gasteiger partial charge on any atom is -0.465 e. The Morgan fingerprint density at radius 3 is 2.45 bits per heavy atom. The molecule has 10 heteroatoms. The number of piperidine rings is 1. The van der Waals surface area contributed by atoms with Gasteiger partial charge in [0.05, 0.1) is 12.7 Å². The Kier molecular flexibility index (Phi) is 6.97. The molecule has 0 spiro atoms. The van der Waals surface area contributed by atoms with E-state index in [1.807, 2.05) is 20.8 Å². The summed E-state index contributed by atoms with van der Waals surface area (Å²) in [5, 5.41) is 13.6. The molecular weight excluding hydrogens is 428 g/mol. The van der Waals surface area contributed by atoms with Crippen molar-refractivity contribution in [3.8, 4) is 0 Å². The number of fused-ring (bicyclic) bond motifs is 1. The molecule has 1 amide bonds. The maximum atomic E-state index is 12.4. The smallest absolute Gasteiger partial charge is 0.417 e. The Morgan fingerprint density at radius 1 is 1.24 bits per heavy atom. The topological polar surface area (TPSA) is 123 Å². The molecule has 0 aliphatic carbocycles. The van der Waals surface area contributed by atoms with Gasteiger partial charge in [0.1, 0.15) is 5.60 Å². The average Bonchev–Trinajstić information content (AvgIpc) is 3.15. The summed E-state index contributed by atoms with van der Waals surface area (Å²) in [6.45, 7) is 9.07. The number of nitrogens with zero attached hydrogens (tertiary/aromatic N) is 3. The molecule has 0 atom stereocenters. The quantitative estimate of drug-likeness (QED) is 0.649. The van der Waals surface area contributed by atoms with Gasteiger partial charge in [0.2, 0.25) is 0 Å². The fourth-order valence-corrected chi connectivity index (χ4v) is 4.17. The van der Waals surface area contributed by atoms with E-state index in [2.05, 4.69) is 17.2 Å². The molecular formula is C23H32N4O6. The van der Waals surface area contributed by atoms with Gasteiger partial charge in [0.15, 0.2) is 5.65 Å². The molecule has 0 unspecified atom stereocenters. The fraction of sp³-hybridized carbons (Fsp3) is 0.565. The van der Waals surface area contributed by atoms with E-state index >= 15 is 0 Å². The number of ether oxygens (including phenoxy) is 2. The maximum absolute atomic E-state index is 12.4. The van der Waals surface area contributed by atoms with Crippen LogP contribution in [0.5, 0.6) is 0 Å². The Hall–Kier alpha value is -3.14. The fourth-order valence-electron chi connectivity index (χ4n) is 4.17. The molecule has 180 valence electrons. The average molecular weight is 461 g/mol. The third-order valence-electron chi connectivity index (χ3n) is 6.08. The number of esters is 1. The largest absolute Gasteiger partial charge is 0.465 e. The van der Waals surface area contributed by atoms with Crippen molar-refractivity contribution in [2.75, 3.05) is 20.2 Å². The summed E-state index contributed by atoms with van der Waals surface area (Å²) in [5.41, 5.74) is 0.322. The van der Waals surface area contributed by atoms with Gasteiger partial charge in [-0.25, -0.2) is 23.9 Å². The lowest BCUT2D eigenvalue weighted by molar-refractivity contribution is 0.0142. The highest BCUT2D eigenvalue weighted by molar-refractivity contribution is 6.05. The third kappa shape index (κ3) is 5.27. The molecule has 1 aliphatic rings. The second-order valence-corrected chi connectivity index (χ2v) is 9.31. The van der Waals surface area contributed by atoms with Crippen LogP contribution in [0.15, 0.2) is 18.5 Å². The van der Waals surface area contributed by atoms with Crippen molar-refractivity contribution in [3.63, 3.8) is 0 Å². The van der Waals surface area contributed by atoms with Crippen molar-refractivity contribution in [1.82, 2.24) is 19.8 Å². The van der Waals surface area contributed by atoms with Crippen molar-refractivity contribution in [1.29, 1.82) is 0 Å². The van der Waals surface area contributed by atoms with Crippen molar-refractivity contribution >= 4 is 29.2 Å². The number of hydrogen-bond donors (Lipinski definition) is 2. The number of nitrogens with one attached hydrogen (secondary N) is 1. The third-order valence-corrected chi connectivity index (χ3v) is 6.08. The molecule has 2 aromatic rings. The molecule has 3 rings (SSSR count). The summed E-state index contributed by atoms with van der Waals surface area (Å²) in [6, 6.07) is 1.53. The number of rotatable bonds is 5. The van der Waals surface area contributed by atoms with E-state index in [9.17, 15) is 19.5 Å². The molecule has 0 bridgehead atoms. The van der Waals surface area contributed by atoms with E-state index < -0.39 is 17.7 Å². The van der Waals surface area contributed by atoms with E-state index in [0.717, 1.165) is 23.8 Å². The second-order valence-electron chi connectivity index (χ2n) is 9.31. The number of carbonyl (C=O) groups is 3. The zero-order valence-electron chi connectivity index (χ0n) is 19.8. The summed E-state index contributed by atoms with van der Waals surface area (Å²) < 4.78 is 11.4. The normalized spacial score (nSPS) is 16.0. The number of likely N-dealkylation sites (tertiary alicyclic amines) is 1. The van der Waals surface area contributed by atoms with E-state index in [1.54, 1.807) is 4.90 Å². The highest BCUT2D eigenvalue weighted by Crippen LogP contribution is 2.29. The van der Waals surface area contributed by atoms with E-state index in [1.165, 1.54) is 25.6 Å². The lowest BCUT2D eigenvalue weighted by Crippen LogP contribution is -2.54. The number of pyridine rings is 1. The van der Waals surface area contributed by atoms with Crippen LogP contribution in [0.25, 0.3) is 11.0 Å². The molecule has 3 heterocycles. The monoisotopic (exact) mass is 460 g/mol. The van der Waals surface area contributed by atoms with Crippen LogP contribution in [0.3, 0.4) is 0 Å². The predicted molar refractivity (Wildman–Crippen MR) is 121 cm³/mol. The van der Waals surface area contributed by atoms with Crippen LogP contribution in [-0.4, -0.2) is 69.1 Å². The number of hydrogen-bond acceptors (Lipinski definition) is 7. The van der Waals surface area contributed by atoms with Crippen LogP contribution in [0.2, 0.25) is 0 Å². The SMILES string of the molecule is CCC1(NCc2cn(C(=O)O)c3nccc(C(=O)OC)c23)CCN(C(=O)OC(C)(C)C)CC1. The molecule has 33 heavy (non-hydrogen) atoms. The molecule has 0 saturated carbocycles. The molecule has 10 nitrogen and oxygen atoms in total. The van der Waals surface area contributed by atoms with Gasteiger partial charge < -0.3 is 24.8 Å². The molecule has 1 fully saturated rings. The van der Waals surface area contributed by atoms with Crippen molar-refractivity contribution < 1.29 is 29.0 Å². The summed E-state index contributed by atoms with van der Waals surface area (Å²) in [7, 11) is 1.28. The number of aromatic nitrogens is 2. The maximum Gasteiger partial charge on any atom is 0.417 e. The van der Waals surface area contributed by atoms with Gasteiger partial charge in [-0.05, 0) is 51.7 Å². The Bertz CT molecular complexity index is 1050. The number of amides is 1. The molecule has 0 radical (unpaired) electrons. The van der Waals surface area contributed by atoms with Crippen molar-refractivity contribution in [2.45, 2.75) is 64.6 Å². The molecule has 2 N–H and O–H groups in total. The van der Waals surface area contributed by atoms with Crippen molar-refractivity contribution in [3.05, 3.63) is 29.6 Å². The standard InChI is InChI=1S/C23H32N4O6/c1-6-23(8-11-26(12-9-23)21(31)33-22(2,3)4)25-13-15-14-27(20(29)30)18-17(15)16(7-10-24-18)19(28)32-5/h7,10,14,25H,6,8-9,11-13H2,1-5H3,(H,29,30).